The summed E-state index contributed by atoms with van der Waals surface area (Å²) in [5.41, 5.74) is 2.63. The zero-order chi connectivity index (χ0) is 9.97. The Hall–Kier alpha value is -1.02. The first-order chi connectivity index (χ1) is 6.81. The normalized spacial score (nSPS) is 19.1. The van der Waals surface area contributed by atoms with Gasteiger partial charge in [-0.05, 0) is 38.1 Å². The first-order valence-corrected chi connectivity index (χ1v) is 5.21. The highest BCUT2D eigenvalue weighted by Crippen LogP contribution is 2.32. The molecule has 0 spiro atoms. The number of fused-ring (bicyclic) bond motifs is 1. The Morgan fingerprint density at radius 2 is 2.36 bits per heavy atom. The molecule has 1 atom stereocenters. The molecule has 0 saturated carbocycles. The lowest BCUT2D eigenvalue weighted by molar-refractivity contribution is 0.220. The minimum absolute atomic E-state index is 0.374. The third kappa shape index (κ3) is 1.75. The molecule has 1 aliphatic rings. The second-order valence-corrected chi connectivity index (χ2v) is 3.90. The summed E-state index contributed by atoms with van der Waals surface area (Å²) in [5.74, 6) is 1.12. The van der Waals surface area contributed by atoms with Gasteiger partial charge in [-0.25, -0.2) is 0 Å². The fraction of sp³-hybridized carbons (Fsp3) is 0.500. The average Bonchev–Trinajstić information content (AvgIpc) is 2.59. The summed E-state index contributed by atoms with van der Waals surface area (Å²) in [5, 5.41) is 3.16. The van der Waals surface area contributed by atoms with E-state index >= 15 is 0 Å². The maximum atomic E-state index is 5.90. The molecule has 1 N–H and O–H groups in total. The van der Waals surface area contributed by atoms with E-state index in [0.717, 1.165) is 25.1 Å². The lowest BCUT2D eigenvalue weighted by atomic mass is 10.1. The van der Waals surface area contributed by atoms with Crippen LogP contribution in [0.2, 0.25) is 0 Å². The van der Waals surface area contributed by atoms with E-state index in [1.165, 1.54) is 11.1 Å². The van der Waals surface area contributed by atoms with Crippen molar-refractivity contribution in [2.24, 2.45) is 0 Å². The topological polar surface area (TPSA) is 21.3 Å². The molecule has 0 bridgehead atoms. The second kappa shape index (κ2) is 4.01. The van der Waals surface area contributed by atoms with Crippen LogP contribution in [0.5, 0.6) is 5.75 Å². The summed E-state index contributed by atoms with van der Waals surface area (Å²) in [6, 6.07) is 6.39. The van der Waals surface area contributed by atoms with E-state index in [4.69, 9.17) is 4.74 Å². The Kier molecular flexibility index (Phi) is 2.73. The molecule has 0 aromatic heterocycles. The van der Waals surface area contributed by atoms with Gasteiger partial charge in [-0.15, -0.1) is 0 Å². The van der Waals surface area contributed by atoms with Crippen molar-refractivity contribution in [3.8, 4) is 5.75 Å². The van der Waals surface area contributed by atoms with Gasteiger partial charge in [0, 0.05) is 6.42 Å². The van der Waals surface area contributed by atoms with Crippen LogP contribution in [0.15, 0.2) is 18.2 Å². The molecule has 0 fully saturated rings. The van der Waals surface area contributed by atoms with Crippen molar-refractivity contribution in [1.82, 2.24) is 5.32 Å². The van der Waals surface area contributed by atoms with Crippen LogP contribution in [0.4, 0.5) is 0 Å². The highest BCUT2D eigenvalue weighted by molar-refractivity contribution is 5.43. The minimum atomic E-state index is 0.374. The van der Waals surface area contributed by atoms with Crippen LogP contribution in [-0.4, -0.2) is 19.7 Å². The van der Waals surface area contributed by atoms with Gasteiger partial charge in [0.15, 0.2) is 0 Å². The third-order valence-corrected chi connectivity index (χ3v) is 2.74. The smallest absolute Gasteiger partial charge is 0.125 e. The molecule has 0 saturated heterocycles. The van der Waals surface area contributed by atoms with E-state index in [2.05, 4.69) is 30.4 Å². The predicted octanol–water partition coefficient (Wildman–Crippen LogP) is 1.91. The van der Waals surface area contributed by atoms with Gasteiger partial charge in [-0.2, -0.15) is 0 Å². The SMILES string of the molecule is CNCCC1Cc2cccc(C)c2O1. The molecule has 2 nitrogen and oxygen atoms in total. The van der Waals surface area contributed by atoms with Crippen LogP contribution in [0.25, 0.3) is 0 Å². The summed E-state index contributed by atoms with van der Waals surface area (Å²) in [7, 11) is 1.98. The molecule has 2 rings (SSSR count). The van der Waals surface area contributed by atoms with Crippen LogP contribution in [0.1, 0.15) is 17.5 Å². The van der Waals surface area contributed by atoms with E-state index in [1.807, 2.05) is 7.05 Å². The molecule has 1 unspecified atom stereocenters. The molecule has 14 heavy (non-hydrogen) atoms. The number of nitrogens with one attached hydrogen (secondary N) is 1. The van der Waals surface area contributed by atoms with Gasteiger partial charge in [-0.1, -0.05) is 18.2 Å². The maximum absolute atomic E-state index is 5.90. The predicted molar refractivity (Wildman–Crippen MR) is 57.8 cm³/mol. The maximum Gasteiger partial charge on any atom is 0.125 e. The number of para-hydroxylation sites is 1. The molecule has 1 heterocycles. The highest BCUT2D eigenvalue weighted by Gasteiger charge is 2.23. The van der Waals surface area contributed by atoms with Crippen molar-refractivity contribution in [2.75, 3.05) is 13.6 Å². The summed E-state index contributed by atoms with van der Waals surface area (Å²) < 4.78 is 5.90. The molecule has 1 aromatic carbocycles. The zero-order valence-electron chi connectivity index (χ0n) is 8.84. The highest BCUT2D eigenvalue weighted by atomic mass is 16.5. The Morgan fingerprint density at radius 1 is 1.50 bits per heavy atom. The Balaban J connectivity index is 2.06. The van der Waals surface area contributed by atoms with Crippen LogP contribution in [0, 0.1) is 6.92 Å². The van der Waals surface area contributed by atoms with Crippen molar-refractivity contribution in [2.45, 2.75) is 25.9 Å². The van der Waals surface area contributed by atoms with Gasteiger partial charge < -0.3 is 10.1 Å². The van der Waals surface area contributed by atoms with Crippen molar-refractivity contribution in [3.63, 3.8) is 0 Å². The first kappa shape index (κ1) is 9.53. The lowest BCUT2D eigenvalue weighted by Gasteiger charge is -2.10. The van der Waals surface area contributed by atoms with Gasteiger partial charge in [-0.3, -0.25) is 0 Å². The third-order valence-electron chi connectivity index (χ3n) is 2.74. The summed E-state index contributed by atoms with van der Waals surface area (Å²) in [4.78, 5) is 0. The fourth-order valence-corrected chi connectivity index (χ4v) is 1.96. The van der Waals surface area contributed by atoms with Crippen molar-refractivity contribution >= 4 is 0 Å². The molecule has 0 aliphatic carbocycles. The van der Waals surface area contributed by atoms with Crippen molar-refractivity contribution < 1.29 is 4.74 Å². The number of rotatable bonds is 3. The van der Waals surface area contributed by atoms with Gasteiger partial charge in [0.05, 0.1) is 0 Å². The van der Waals surface area contributed by atoms with Gasteiger partial charge in [0.2, 0.25) is 0 Å². The standard InChI is InChI=1S/C12H17NO/c1-9-4-3-5-10-8-11(6-7-13-2)14-12(9)10/h3-5,11,13H,6-8H2,1-2H3. The fourth-order valence-electron chi connectivity index (χ4n) is 1.96. The largest absolute Gasteiger partial charge is 0.489 e. The number of hydrogen-bond acceptors (Lipinski definition) is 2. The van der Waals surface area contributed by atoms with Gasteiger partial charge >= 0.3 is 0 Å². The summed E-state index contributed by atoms with van der Waals surface area (Å²) in [6.45, 7) is 3.14. The quantitative estimate of drug-likeness (QED) is 0.788. The van der Waals surface area contributed by atoms with Gasteiger partial charge in [0.1, 0.15) is 11.9 Å². The molecular formula is C12H17NO. The number of hydrogen-bond donors (Lipinski definition) is 1. The molecule has 1 aromatic rings. The van der Waals surface area contributed by atoms with Gasteiger partial charge in [0.25, 0.3) is 0 Å². The summed E-state index contributed by atoms with van der Waals surface area (Å²) >= 11 is 0. The van der Waals surface area contributed by atoms with Crippen LogP contribution >= 0.6 is 0 Å². The molecule has 76 valence electrons. The first-order valence-electron chi connectivity index (χ1n) is 5.21. The minimum Gasteiger partial charge on any atom is -0.489 e. The summed E-state index contributed by atoms with van der Waals surface area (Å²) in [6.07, 6.45) is 2.53. The molecule has 1 aliphatic heterocycles. The Bertz CT molecular complexity index is 322. The average molecular weight is 191 g/mol. The van der Waals surface area contributed by atoms with Crippen LogP contribution < -0.4 is 10.1 Å². The van der Waals surface area contributed by atoms with E-state index < -0.39 is 0 Å². The van der Waals surface area contributed by atoms with E-state index in [-0.39, 0.29) is 0 Å². The Labute approximate surface area is 85.3 Å². The Morgan fingerprint density at radius 3 is 3.07 bits per heavy atom. The molecule has 0 radical (unpaired) electrons. The van der Waals surface area contributed by atoms with Crippen LogP contribution in [-0.2, 0) is 6.42 Å². The second-order valence-electron chi connectivity index (χ2n) is 3.90. The molecule has 2 heteroatoms. The van der Waals surface area contributed by atoms with E-state index in [9.17, 15) is 0 Å². The molecular weight excluding hydrogens is 174 g/mol. The lowest BCUT2D eigenvalue weighted by Crippen LogP contribution is -2.20. The zero-order valence-corrected chi connectivity index (χ0v) is 8.84. The molecule has 0 amide bonds. The number of ether oxygens (including phenoxy) is 1. The number of benzene rings is 1. The van der Waals surface area contributed by atoms with Crippen molar-refractivity contribution in [3.05, 3.63) is 29.3 Å². The van der Waals surface area contributed by atoms with E-state index in [0.29, 0.717) is 6.10 Å². The van der Waals surface area contributed by atoms with Crippen molar-refractivity contribution in [1.29, 1.82) is 0 Å². The van der Waals surface area contributed by atoms with Crippen LogP contribution in [0.3, 0.4) is 0 Å². The van der Waals surface area contributed by atoms with E-state index in [1.54, 1.807) is 0 Å². The number of aryl methyl sites for hydroxylation is 1. The monoisotopic (exact) mass is 191 g/mol.